The summed E-state index contributed by atoms with van der Waals surface area (Å²) in [5.74, 6) is 1.65. The summed E-state index contributed by atoms with van der Waals surface area (Å²) in [7, 11) is 5.46. The van der Waals surface area contributed by atoms with Gasteiger partial charge in [-0.05, 0) is 78.3 Å². The second-order valence-electron chi connectivity index (χ2n) is 15.6. The van der Waals surface area contributed by atoms with Crippen molar-refractivity contribution in [3.8, 4) is 16.9 Å². The van der Waals surface area contributed by atoms with E-state index in [2.05, 4.69) is 31.4 Å². The Balaban J connectivity index is 1.19. The van der Waals surface area contributed by atoms with Crippen LogP contribution in [0.1, 0.15) is 50.0 Å². The van der Waals surface area contributed by atoms with Gasteiger partial charge in [-0.2, -0.15) is 5.06 Å². The van der Waals surface area contributed by atoms with Crippen LogP contribution in [0.2, 0.25) is 0 Å². The van der Waals surface area contributed by atoms with Crippen LogP contribution in [0.3, 0.4) is 0 Å². The number of hydroxylamine groups is 2. The van der Waals surface area contributed by atoms with Crippen LogP contribution in [0, 0.1) is 35.0 Å². The number of methoxy groups -OCH3 is 1. The van der Waals surface area contributed by atoms with E-state index >= 15 is 0 Å². The molecule has 266 valence electrons. The van der Waals surface area contributed by atoms with Crippen molar-refractivity contribution >= 4 is 23.2 Å². The molecule has 1 aliphatic heterocycles. The molecular formula is C40H50N4O6. The molecule has 2 amide bonds. The van der Waals surface area contributed by atoms with Gasteiger partial charge < -0.3 is 30.5 Å². The molecule has 3 aromatic rings. The van der Waals surface area contributed by atoms with Gasteiger partial charge in [0.25, 0.3) is 5.91 Å². The first-order chi connectivity index (χ1) is 23.8. The number of ether oxygens (including phenoxy) is 1. The van der Waals surface area contributed by atoms with Crippen molar-refractivity contribution in [1.82, 2.24) is 10.4 Å². The van der Waals surface area contributed by atoms with E-state index in [0.717, 1.165) is 28.8 Å². The van der Waals surface area contributed by atoms with Crippen molar-refractivity contribution in [2.75, 3.05) is 38.0 Å². The minimum absolute atomic E-state index is 0.174. The molecule has 1 saturated heterocycles. The third-order valence-electron chi connectivity index (χ3n) is 12.5. The summed E-state index contributed by atoms with van der Waals surface area (Å²) in [6.07, 6.45) is -0.670. The van der Waals surface area contributed by atoms with Crippen LogP contribution in [-0.2, 0) is 16.2 Å². The number of rotatable bonds is 11. The van der Waals surface area contributed by atoms with Gasteiger partial charge in [0.1, 0.15) is 17.9 Å². The number of para-hydroxylation sites is 2. The maximum Gasteiger partial charge on any atom is 0.255 e. The maximum atomic E-state index is 14.3. The fourth-order valence-electron chi connectivity index (χ4n) is 10.0. The molecule has 4 N–H and O–H groups in total. The van der Waals surface area contributed by atoms with Gasteiger partial charge >= 0.3 is 0 Å². The highest BCUT2D eigenvalue weighted by atomic mass is 16.7. The lowest BCUT2D eigenvalue weighted by Crippen LogP contribution is -2.90. The second-order valence-corrected chi connectivity index (χ2v) is 15.6. The van der Waals surface area contributed by atoms with Crippen molar-refractivity contribution in [3.05, 3.63) is 77.9 Å². The van der Waals surface area contributed by atoms with Crippen molar-refractivity contribution in [2.24, 2.45) is 35.0 Å². The minimum Gasteiger partial charge on any atom is -0.496 e. The highest BCUT2D eigenvalue weighted by Gasteiger charge is 2.83. The zero-order chi connectivity index (χ0) is 35.7. The zero-order valence-corrected chi connectivity index (χ0v) is 30.0. The molecule has 9 atom stereocenters. The van der Waals surface area contributed by atoms with Gasteiger partial charge in [0.15, 0.2) is 0 Å². The summed E-state index contributed by atoms with van der Waals surface area (Å²) in [6, 6.07) is 20.0. The van der Waals surface area contributed by atoms with Gasteiger partial charge in [0.05, 0.1) is 26.4 Å². The van der Waals surface area contributed by atoms with E-state index in [1.54, 1.807) is 19.1 Å². The number of carbonyl (C=O) groups is 2. The first kappa shape index (κ1) is 34.5. The smallest absolute Gasteiger partial charge is 0.255 e. The Morgan fingerprint density at radius 2 is 1.82 bits per heavy atom. The standard InChI is InChI=1S/C40H50N4O6/c1-22-33-34-30(39(33,3)4)19-40(22,34)42-38(48)35-32(23(2)46)31(21-45)50-44(35)20-24-12-11-15-29(36(24)49-7)25-16-26(18-28(17-25)43(5)6)37(47)41-27-13-9-8-10-14-27/h8-18,22-23,30-35,45-46H,19-21H2,1-7H3,(H,41,47)(H,42,48)/t22-,23-,30?,31-,32-,33+,34?,35-,40+/m0/s1. The van der Waals surface area contributed by atoms with E-state index < -0.39 is 24.2 Å². The third kappa shape index (κ3) is 5.30. The SMILES string of the molecule is COc1c(CN2O[C@@H](CO)[C@H]([C@H](C)O)[C@H]2C(=O)N[C@@]23CC4C2[C@@H]([C@@H]3C)C4(C)C)cccc1-c1cc(C(=O)Nc2ccccc2)cc(N(C)C)c1. The molecule has 10 nitrogen and oxygen atoms in total. The Morgan fingerprint density at radius 3 is 2.44 bits per heavy atom. The predicted octanol–water partition coefficient (Wildman–Crippen LogP) is 4.95. The Labute approximate surface area is 294 Å². The average Bonchev–Trinajstić information content (AvgIpc) is 3.46. The number of nitrogens with zero attached hydrogens (tertiary/aromatic N) is 2. The topological polar surface area (TPSA) is 124 Å². The lowest BCUT2D eigenvalue weighted by Gasteiger charge is -2.86. The van der Waals surface area contributed by atoms with Crippen LogP contribution in [0.5, 0.6) is 5.75 Å². The molecule has 0 bridgehead atoms. The van der Waals surface area contributed by atoms with Crippen LogP contribution < -0.4 is 20.3 Å². The predicted molar refractivity (Wildman–Crippen MR) is 193 cm³/mol. The summed E-state index contributed by atoms with van der Waals surface area (Å²) in [5, 5.41) is 29.3. The molecule has 3 saturated carbocycles. The Bertz CT molecular complexity index is 1770. The number of hydrogen-bond acceptors (Lipinski definition) is 8. The normalized spacial score (nSPS) is 30.9. The molecule has 10 heteroatoms. The molecule has 4 fully saturated rings. The fraction of sp³-hybridized carbons (Fsp3) is 0.500. The second kappa shape index (κ2) is 12.7. The first-order valence-electron chi connectivity index (χ1n) is 17.7. The van der Waals surface area contributed by atoms with E-state index in [0.29, 0.717) is 46.1 Å². The Hall–Kier alpha value is -3.96. The fourth-order valence-corrected chi connectivity index (χ4v) is 10.0. The maximum absolute atomic E-state index is 14.3. The number of amides is 2. The van der Waals surface area contributed by atoms with Gasteiger partial charge in [-0.1, -0.05) is 57.2 Å². The quantitative estimate of drug-likeness (QED) is 0.224. The Morgan fingerprint density at radius 1 is 1.08 bits per heavy atom. The van der Waals surface area contributed by atoms with Crippen LogP contribution >= 0.6 is 0 Å². The number of aliphatic hydroxyl groups is 2. The highest BCUT2D eigenvalue weighted by Crippen LogP contribution is 2.81. The van der Waals surface area contributed by atoms with E-state index in [1.165, 1.54) is 0 Å². The molecular weight excluding hydrogens is 632 g/mol. The summed E-state index contributed by atoms with van der Waals surface area (Å²) in [4.78, 5) is 36.0. The number of benzene rings is 3. The summed E-state index contributed by atoms with van der Waals surface area (Å²) in [5.41, 5.74) is 4.46. The van der Waals surface area contributed by atoms with E-state index in [-0.39, 0.29) is 30.5 Å². The molecule has 2 unspecified atom stereocenters. The van der Waals surface area contributed by atoms with E-state index in [9.17, 15) is 19.8 Å². The monoisotopic (exact) mass is 682 g/mol. The van der Waals surface area contributed by atoms with Gasteiger partial charge in [-0.25, -0.2) is 0 Å². The third-order valence-corrected chi connectivity index (χ3v) is 12.5. The van der Waals surface area contributed by atoms with Crippen LogP contribution in [0.25, 0.3) is 11.1 Å². The summed E-state index contributed by atoms with van der Waals surface area (Å²) >= 11 is 0. The number of nitrogens with one attached hydrogen (secondary N) is 2. The molecule has 1 heterocycles. The molecule has 0 radical (unpaired) electrons. The first-order valence-corrected chi connectivity index (χ1v) is 17.7. The number of carbonyl (C=O) groups excluding carboxylic acids is 2. The minimum atomic E-state index is -0.892. The molecule has 3 aliphatic carbocycles. The van der Waals surface area contributed by atoms with Crippen LogP contribution in [-0.4, -0.2) is 78.7 Å². The van der Waals surface area contributed by atoms with Gasteiger partial charge in [0.2, 0.25) is 5.91 Å². The number of aliphatic hydroxyl groups excluding tert-OH is 2. The number of hydrogen-bond donors (Lipinski definition) is 4. The molecule has 50 heavy (non-hydrogen) atoms. The van der Waals surface area contributed by atoms with Crippen molar-refractivity contribution in [1.29, 1.82) is 0 Å². The van der Waals surface area contributed by atoms with E-state index in [1.807, 2.05) is 85.7 Å². The molecule has 4 aliphatic rings. The number of anilines is 2. The van der Waals surface area contributed by atoms with Crippen LogP contribution in [0.4, 0.5) is 11.4 Å². The molecule has 0 aromatic heterocycles. The van der Waals surface area contributed by atoms with Gasteiger partial charge in [-0.15, -0.1) is 0 Å². The van der Waals surface area contributed by atoms with Gasteiger partial charge in [-0.3, -0.25) is 14.4 Å². The van der Waals surface area contributed by atoms with E-state index in [4.69, 9.17) is 9.57 Å². The summed E-state index contributed by atoms with van der Waals surface area (Å²) in [6.45, 7) is 8.44. The molecule has 3 aromatic carbocycles. The largest absolute Gasteiger partial charge is 0.496 e. The van der Waals surface area contributed by atoms with Gasteiger partial charge in [0, 0.05) is 53.6 Å². The average molecular weight is 683 g/mol. The van der Waals surface area contributed by atoms with Crippen molar-refractivity contribution in [2.45, 2.75) is 64.4 Å². The molecule has 0 spiro atoms. The lowest BCUT2D eigenvalue weighted by atomic mass is 9.21. The summed E-state index contributed by atoms with van der Waals surface area (Å²) < 4.78 is 6.05. The van der Waals surface area contributed by atoms with Crippen molar-refractivity contribution < 1.29 is 29.4 Å². The molecule has 7 rings (SSSR count). The Kier molecular flexibility index (Phi) is 8.74. The zero-order valence-electron chi connectivity index (χ0n) is 30.0. The van der Waals surface area contributed by atoms with Crippen molar-refractivity contribution in [3.63, 3.8) is 0 Å². The highest BCUT2D eigenvalue weighted by molar-refractivity contribution is 6.05. The van der Waals surface area contributed by atoms with Crippen LogP contribution in [0.15, 0.2) is 66.7 Å². The lowest BCUT2D eigenvalue weighted by molar-refractivity contribution is -0.349.